The summed E-state index contributed by atoms with van der Waals surface area (Å²) in [4.78, 5) is 28.8. The molecule has 0 aliphatic rings. The molecule has 1 N–H and O–H groups in total. The molecule has 0 spiro atoms. The van der Waals surface area contributed by atoms with Gasteiger partial charge in [0.05, 0.1) is 11.9 Å². The molecular weight excluding hydrogens is 585 g/mol. The molecule has 2 amide bonds. The summed E-state index contributed by atoms with van der Waals surface area (Å²) in [7, 11) is -3.88. The van der Waals surface area contributed by atoms with Crippen LogP contribution in [0.2, 0.25) is 0 Å². The van der Waals surface area contributed by atoms with Gasteiger partial charge in [0.2, 0.25) is 21.8 Å². The third-order valence-electron chi connectivity index (χ3n) is 6.35. The maximum absolute atomic E-state index is 14.8. The van der Waals surface area contributed by atoms with Crippen molar-refractivity contribution in [3.05, 3.63) is 100 Å². The number of halogens is 2. The van der Waals surface area contributed by atoms with E-state index >= 15 is 0 Å². The van der Waals surface area contributed by atoms with Gasteiger partial charge in [0.1, 0.15) is 18.4 Å². The fourth-order valence-electron chi connectivity index (χ4n) is 4.05. The molecule has 2 atom stereocenters. The van der Waals surface area contributed by atoms with E-state index < -0.39 is 40.2 Å². The Morgan fingerprint density at radius 3 is 2.28 bits per heavy atom. The van der Waals surface area contributed by atoms with E-state index in [-0.39, 0.29) is 30.3 Å². The summed E-state index contributed by atoms with van der Waals surface area (Å²) < 4.78 is 42.0. The number of carbonyl (C=O) groups is 2. The molecule has 0 radical (unpaired) electrons. The van der Waals surface area contributed by atoms with Crippen molar-refractivity contribution >= 4 is 43.5 Å². The molecule has 0 aromatic heterocycles. The molecule has 0 saturated heterocycles. The van der Waals surface area contributed by atoms with Crippen LogP contribution in [0.15, 0.2) is 83.3 Å². The molecule has 208 valence electrons. The summed E-state index contributed by atoms with van der Waals surface area (Å²) in [6, 6.07) is 20.6. The quantitative estimate of drug-likeness (QED) is 0.313. The second-order valence-electron chi connectivity index (χ2n) is 9.39. The average molecular weight is 619 g/mol. The maximum atomic E-state index is 14.8. The highest BCUT2D eigenvalue weighted by Crippen LogP contribution is 2.24. The number of sulfonamides is 1. The minimum absolute atomic E-state index is 0.157. The second kappa shape index (κ2) is 13.7. The van der Waals surface area contributed by atoms with Crippen molar-refractivity contribution in [3.63, 3.8) is 0 Å². The molecule has 0 unspecified atom stereocenters. The Morgan fingerprint density at radius 1 is 1.00 bits per heavy atom. The number of rotatable bonds is 12. The lowest BCUT2D eigenvalue weighted by molar-refractivity contribution is -0.140. The Balaban J connectivity index is 2.07. The zero-order valence-corrected chi connectivity index (χ0v) is 24.6. The van der Waals surface area contributed by atoms with Crippen molar-refractivity contribution in [2.24, 2.45) is 0 Å². The Kier molecular flexibility index (Phi) is 10.7. The first-order valence-corrected chi connectivity index (χ1v) is 15.2. The van der Waals surface area contributed by atoms with E-state index in [2.05, 4.69) is 21.2 Å². The van der Waals surface area contributed by atoms with Gasteiger partial charge in [-0.15, -0.1) is 0 Å². The van der Waals surface area contributed by atoms with Gasteiger partial charge in [-0.2, -0.15) is 0 Å². The summed E-state index contributed by atoms with van der Waals surface area (Å²) in [5.74, 6) is -1.56. The smallest absolute Gasteiger partial charge is 0.244 e. The van der Waals surface area contributed by atoms with Crippen LogP contribution < -0.4 is 9.62 Å². The first kappa shape index (κ1) is 30.3. The molecule has 0 heterocycles. The molecule has 0 aliphatic heterocycles. The maximum Gasteiger partial charge on any atom is 0.244 e. The van der Waals surface area contributed by atoms with E-state index in [1.807, 2.05) is 44.2 Å². The lowest BCUT2D eigenvalue weighted by Crippen LogP contribution is -2.54. The van der Waals surface area contributed by atoms with Gasteiger partial charge in [-0.1, -0.05) is 77.5 Å². The van der Waals surface area contributed by atoms with E-state index in [1.54, 1.807) is 42.5 Å². The summed E-state index contributed by atoms with van der Waals surface area (Å²) in [6.07, 6.45) is 1.86. The van der Waals surface area contributed by atoms with Crippen LogP contribution in [-0.2, 0) is 32.6 Å². The number of carbonyl (C=O) groups excluding carboxylic acids is 2. The lowest BCUT2D eigenvalue weighted by Gasteiger charge is -2.34. The highest BCUT2D eigenvalue weighted by Gasteiger charge is 2.33. The Hall–Kier alpha value is -3.24. The lowest BCUT2D eigenvalue weighted by atomic mass is 10.0. The van der Waals surface area contributed by atoms with E-state index in [4.69, 9.17) is 0 Å². The van der Waals surface area contributed by atoms with Crippen LogP contribution in [0.4, 0.5) is 10.1 Å². The Bertz CT molecular complexity index is 1390. The van der Waals surface area contributed by atoms with Crippen molar-refractivity contribution in [1.82, 2.24) is 10.2 Å². The number of hydrogen-bond acceptors (Lipinski definition) is 4. The van der Waals surface area contributed by atoms with Gasteiger partial charge >= 0.3 is 0 Å². The third-order valence-corrected chi connectivity index (χ3v) is 7.98. The van der Waals surface area contributed by atoms with Crippen LogP contribution in [0.25, 0.3) is 0 Å². The first-order valence-electron chi connectivity index (χ1n) is 12.6. The minimum Gasteiger partial charge on any atom is -0.352 e. The van der Waals surface area contributed by atoms with Crippen molar-refractivity contribution < 1.29 is 22.4 Å². The van der Waals surface area contributed by atoms with Gasteiger partial charge in [0.15, 0.2) is 0 Å². The highest BCUT2D eigenvalue weighted by molar-refractivity contribution is 9.10. The zero-order chi connectivity index (χ0) is 28.6. The summed E-state index contributed by atoms with van der Waals surface area (Å²) >= 11 is 3.34. The first-order chi connectivity index (χ1) is 18.5. The van der Waals surface area contributed by atoms with Crippen LogP contribution in [0.3, 0.4) is 0 Å². The number of nitrogens with zero attached hydrogens (tertiary/aromatic N) is 2. The average Bonchev–Trinajstić information content (AvgIpc) is 2.89. The Morgan fingerprint density at radius 2 is 1.67 bits per heavy atom. The number of anilines is 1. The molecule has 3 aromatic carbocycles. The van der Waals surface area contributed by atoms with Gasteiger partial charge in [0, 0.05) is 29.0 Å². The molecule has 0 saturated carbocycles. The van der Waals surface area contributed by atoms with E-state index in [0.29, 0.717) is 10.9 Å². The zero-order valence-electron chi connectivity index (χ0n) is 22.2. The fourth-order valence-corrected chi connectivity index (χ4v) is 5.28. The molecule has 0 fully saturated rings. The van der Waals surface area contributed by atoms with Gasteiger partial charge in [-0.25, -0.2) is 12.8 Å². The number of amides is 2. The van der Waals surface area contributed by atoms with Crippen LogP contribution in [0.5, 0.6) is 0 Å². The highest BCUT2D eigenvalue weighted by atomic mass is 79.9. The van der Waals surface area contributed by atoms with Gasteiger partial charge < -0.3 is 10.2 Å². The molecule has 10 heteroatoms. The topological polar surface area (TPSA) is 86.8 Å². The molecule has 39 heavy (non-hydrogen) atoms. The Labute approximate surface area is 238 Å². The largest absolute Gasteiger partial charge is 0.352 e. The monoisotopic (exact) mass is 617 g/mol. The van der Waals surface area contributed by atoms with Crippen molar-refractivity contribution in [3.8, 4) is 0 Å². The van der Waals surface area contributed by atoms with E-state index in [1.165, 1.54) is 11.0 Å². The molecule has 0 bridgehead atoms. The van der Waals surface area contributed by atoms with E-state index in [9.17, 15) is 22.4 Å². The van der Waals surface area contributed by atoms with Gasteiger partial charge in [-0.05, 0) is 43.2 Å². The third kappa shape index (κ3) is 8.63. The molecular formula is C29H33BrFN3O4S. The van der Waals surface area contributed by atoms with Gasteiger partial charge in [-0.3, -0.25) is 13.9 Å². The predicted octanol–water partition coefficient (Wildman–Crippen LogP) is 4.91. The van der Waals surface area contributed by atoms with Crippen LogP contribution >= 0.6 is 15.9 Å². The fraction of sp³-hybridized carbons (Fsp3) is 0.310. The summed E-state index contributed by atoms with van der Waals surface area (Å²) in [5, 5.41) is 2.94. The van der Waals surface area contributed by atoms with Crippen LogP contribution in [0.1, 0.15) is 31.4 Å². The predicted molar refractivity (Wildman–Crippen MR) is 155 cm³/mol. The summed E-state index contributed by atoms with van der Waals surface area (Å²) in [6.45, 7) is 3.01. The number of nitrogens with one attached hydrogen (secondary N) is 1. The normalized spacial score (nSPS) is 12.8. The van der Waals surface area contributed by atoms with Crippen molar-refractivity contribution in [2.75, 3.05) is 17.1 Å². The molecule has 3 aromatic rings. The molecule has 0 aliphatic carbocycles. The number of hydrogen-bond donors (Lipinski definition) is 1. The van der Waals surface area contributed by atoms with Crippen LogP contribution in [-0.4, -0.2) is 50.0 Å². The van der Waals surface area contributed by atoms with Crippen LogP contribution in [0, 0.1) is 5.82 Å². The van der Waals surface area contributed by atoms with E-state index in [0.717, 1.165) is 16.1 Å². The SMILES string of the molecule is CC[C@H](C)NC(=O)[C@@H](Cc1ccccc1)N(Cc1ccccc1F)C(=O)CN(c1cccc(Br)c1)S(C)(=O)=O. The summed E-state index contributed by atoms with van der Waals surface area (Å²) in [5.41, 5.74) is 1.31. The van der Waals surface area contributed by atoms with Gasteiger partial charge in [0.25, 0.3) is 0 Å². The second-order valence-corrected chi connectivity index (χ2v) is 12.2. The van der Waals surface area contributed by atoms with Crippen molar-refractivity contribution in [1.29, 1.82) is 0 Å². The molecule has 3 rings (SSSR count). The van der Waals surface area contributed by atoms with Crippen molar-refractivity contribution in [2.45, 2.75) is 45.3 Å². The molecule has 7 nitrogen and oxygen atoms in total. The standard InChI is InChI=1S/C29H33BrFN3O4S/c1-4-21(2)32-29(36)27(17-22-11-6-5-7-12-22)33(19-23-13-8-9-16-26(23)31)28(35)20-34(39(3,37)38)25-15-10-14-24(30)18-25/h5-16,18,21,27H,4,17,19-20H2,1-3H3,(H,32,36)/t21-,27+/m0/s1. The number of benzene rings is 3. The minimum atomic E-state index is -3.88.